The van der Waals surface area contributed by atoms with Crippen LogP contribution in [0.1, 0.15) is 312 Å². The van der Waals surface area contributed by atoms with Crippen molar-refractivity contribution in [3.8, 4) is 0 Å². The van der Waals surface area contributed by atoms with Gasteiger partial charge in [0.15, 0.2) is 12.2 Å². The number of hydrogen-bond acceptors (Lipinski definition) is 15. The van der Waals surface area contributed by atoms with E-state index in [-0.39, 0.29) is 25.7 Å². The van der Waals surface area contributed by atoms with Crippen molar-refractivity contribution in [2.75, 3.05) is 39.6 Å². The maximum Gasteiger partial charge on any atom is 0.472 e. The van der Waals surface area contributed by atoms with Gasteiger partial charge in [-0.25, -0.2) is 9.13 Å². The van der Waals surface area contributed by atoms with Crippen molar-refractivity contribution in [2.24, 2.45) is 23.7 Å². The third-order valence-corrected chi connectivity index (χ3v) is 16.7. The highest BCUT2D eigenvalue weighted by Gasteiger charge is 2.30. The molecule has 0 saturated carbocycles. The topological polar surface area (TPSA) is 237 Å². The molecule has 0 radical (unpaired) electrons. The molecule has 0 fully saturated rings. The van der Waals surface area contributed by atoms with Crippen molar-refractivity contribution < 1.29 is 80.2 Å². The number of hydrogen-bond donors (Lipinski definition) is 3. The highest BCUT2D eigenvalue weighted by molar-refractivity contribution is 7.47. The van der Waals surface area contributed by atoms with Crippen LogP contribution in [0.25, 0.3) is 0 Å². The average molecular weight is 1240 g/mol. The Morgan fingerprint density at radius 2 is 0.500 bits per heavy atom. The van der Waals surface area contributed by atoms with Gasteiger partial charge in [0.1, 0.15) is 19.3 Å². The number of ether oxygens (including phenoxy) is 4. The minimum atomic E-state index is -4.95. The van der Waals surface area contributed by atoms with Crippen molar-refractivity contribution in [1.29, 1.82) is 0 Å². The number of unbranched alkanes of at least 4 members (excludes halogenated alkanes) is 28. The number of carbonyl (C=O) groups excluding carboxylic acids is 4. The summed E-state index contributed by atoms with van der Waals surface area (Å²) in [5.74, 6) is 0.697. The second-order valence-electron chi connectivity index (χ2n) is 25.4. The highest BCUT2D eigenvalue weighted by Crippen LogP contribution is 2.45. The van der Waals surface area contributed by atoms with Crippen LogP contribution in [0.5, 0.6) is 0 Å². The fourth-order valence-corrected chi connectivity index (χ4v) is 11.2. The molecule has 3 unspecified atom stereocenters. The van der Waals surface area contributed by atoms with E-state index in [2.05, 4.69) is 55.4 Å². The SMILES string of the molecule is CC(C)CCCCCCCCCCCCCCCC(=O)O[C@H](COC(=O)CCCCCCCCCC(C)C)COP(=O)(O)OCC(O)COP(=O)(O)OC[C@@H](COC(=O)CCCCCCCCC(C)C)OC(=O)CCCCCCCCC(C)C. The van der Waals surface area contributed by atoms with E-state index in [4.69, 9.17) is 37.0 Å². The predicted octanol–water partition coefficient (Wildman–Crippen LogP) is 17.8. The third-order valence-electron chi connectivity index (χ3n) is 14.8. The minimum absolute atomic E-state index is 0.100. The normalized spacial score (nSPS) is 14.4. The molecular weight excluding hydrogens is 1110 g/mol. The van der Waals surface area contributed by atoms with Gasteiger partial charge in [-0.15, -0.1) is 0 Å². The highest BCUT2D eigenvalue weighted by atomic mass is 31.2. The molecule has 498 valence electrons. The van der Waals surface area contributed by atoms with Gasteiger partial charge in [0.2, 0.25) is 0 Å². The molecular formula is C65H126O17P2. The molecule has 0 saturated heterocycles. The summed E-state index contributed by atoms with van der Waals surface area (Å²) >= 11 is 0. The van der Waals surface area contributed by atoms with Gasteiger partial charge in [-0.1, -0.05) is 261 Å². The van der Waals surface area contributed by atoms with E-state index in [1.807, 2.05) is 0 Å². The molecule has 84 heavy (non-hydrogen) atoms. The largest absolute Gasteiger partial charge is 0.472 e. The summed E-state index contributed by atoms with van der Waals surface area (Å²) in [6.45, 7) is 13.9. The Kier molecular flexibility index (Phi) is 53.9. The van der Waals surface area contributed by atoms with Crippen LogP contribution in [0, 0.1) is 23.7 Å². The van der Waals surface area contributed by atoms with Crippen LogP contribution in [-0.2, 0) is 65.4 Å². The Morgan fingerprint density at radius 3 is 0.738 bits per heavy atom. The lowest BCUT2D eigenvalue weighted by Crippen LogP contribution is -2.30. The maximum absolute atomic E-state index is 13.0. The number of rotatable bonds is 62. The second-order valence-corrected chi connectivity index (χ2v) is 28.3. The molecule has 19 heteroatoms. The van der Waals surface area contributed by atoms with Crippen LogP contribution in [-0.4, -0.2) is 96.7 Å². The summed E-state index contributed by atoms with van der Waals surface area (Å²) < 4.78 is 68.0. The lowest BCUT2D eigenvalue weighted by atomic mass is 10.0. The monoisotopic (exact) mass is 1240 g/mol. The molecule has 0 aromatic carbocycles. The van der Waals surface area contributed by atoms with Gasteiger partial charge >= 0.3 is 39.5 Å². The number of phosphoric ester groups is 2. The molecule has 0 rings (SSSR count). The van der Waals surface area contributed by atoms with Gasteiger partial charge in [-0.2, -0.15) is 0 Å². The van der Waals surface area contributed by atoms with E-state index in [1.54, 1.807) is 0 Å². The smallest absolute Gasteiger partial charge is 0.462 e. The van der Waals surface area contributed by atoms with Crippen LogP contribution in [0.4, 0.5) is 0 Å². The zero-order valence-electron chi connectivity index (χ0n) is 54.5. The molecule has 3 N–H and O–H groups in total. The van der Waals surface area contributed by atoms with Crippen LogP contribution < -0.4 is 0 Å². The van der Waals surface area contributed by atoms with Gasteiger partial charge in [-0.3, -0.25) is 37.3 Å². The van der Waals surface area contributed by atoms with Crippen molar-refractivity contribution in [3.63, 3.8) is 0 Å². The Labute approximate surface area is 511 Å². The fraction of sp³-hybridized carbons (Fsp3) is 0.938. The lowest BCUT2D eigenvalue weighted by Gasteiger charge is -2.21. The third kappa shape index (κ3) is 59.0. The fourth-order valence-electron chi connectivity index (χ4n) is 9.61. The van der Waals surface area contributed by atoms with Crippen LogP contribution in [0.15, 0.2) is 0 Å². The Bertz CT molecular complexity index is 1680. The van der Waals surface area contributed by atoms with Crippen LogP contribution in [0.2, 0.25) is 0 Å². The second kappa shape index (κ2) is 55.2. The molecule has 17 nitrogen and oxygen atoms in total. The lowest BCUT2D eigenvalue weighted by molar-refractivity contribution is -0.161. The summed E-state index contributed by atoms with van der Waals surface area (Å²) in [5, 5.41) is 10.5. The van der Waals surface area contributed by atoms with Gasteiger partial charge < -0.3 is 33.8 Å². The van der Waals surface area contributed by atoms with Gasteiger partial charge in [-0.05, 0) is 49.4 Å². The van der Waals surface area contributed by atoms with Gasteiger partial charge in [0, 0.05) is 25.7 Å². The Balaban J connectivity index is 5.22. The first kappa shape index (κ1) is 82.1. The van der Waals surface area contributed by atoms with Gasteiger partial charge in [0.05, 0.1) is 26.4 Å². The van der Waals surface area contributed by atoms with E-state index >= 15 is 0 Å². The number of aliphatic hydroxyl groups excluding tert-OH is 1. The summed E-state index contributed by atoms with van der Waals surface area (Å²) in [6.07, 6.45) is 35.3. The maximum atomic E-state index is 13.0. The minimum Gasteiger partial charge on any atom is -0.462 e. The molecule has 0 heterocycles. The number of aliphatic hydroxyl groups is 1. The number of carbonyl (C=O) groups is 4. The zero-order chi connectivity index (χ0) is 62.5. The van der Waals surface area contributed by atoms with Crippen molar-refractivity contribution >= 4 is 39.5 Å². The molecule has 0 bridgehead atoms. The van der Waals surface area contributed by atoms with Crippen molar-refractivity contribution in [2.45, 2.75) is 331 Å². The Morgan fingerprint density at radius 1 is 0.298 bits per heavy atom. The molecule has 0 aliphatic rings. The standard InChI is InChI=1S/C65H126O17P2/c1-55(2)41-33-25-17-14-12-10-9-11-13-15-19-31-39-47-64(69)81-60(51-75-62(67)45-37-29-20-16-18-26-34-42-56(3)4)53-79-83(71,72)77-49-59(66)50-78-84(73,74)80-54-61(82-65(70)48-40-32-24-22-28-36-44-58(7)8)52-76-63(68)46-38-30-23-21-27-35-43-57(5)6/h55-61,66H,9-54H2,1-8H3,(H,71,72)(H,73,74)/t59?,60-,61-/m1/s1. The van der Waals surface area contributed by atoms with E-state index in [1.165, 1.54) is 103 Å². The first-order chi connectivity index (χ1) is 40.1. The van der Waals surface area contributed by atoms with Crippen molar-refractivity contribution in [3.05, 3.63) is 0 Å². The van der Waals surface area contributed by atoms with E-state index in [0.29, 0.717) is 43.4 Å². The molecule has 0 spiro atoms. The average Bonchev–Trinajstić information content (AvgIpc) is 3.52. The quantitative estimate of drug-likeness (QED) is 0.0222. The molecule has 0 amide bonds. The van der Waals surface area contributed by atoms with E-state index in [0.717, 1.165) is 109 Å². The molecule has 5 atom stereocenters. The van der Waals surface area contributed by atoms with Crippen LogP contribution in [0.3, 0.4) is 0 Å². The first-order valence-electron chi connectivity index (χ1n) is 33.7. The van der Waals surface area contributed by atoms with E-state index < -0.39 is 97.5 Å². The molecule has 0 aromatic heterocycles. The summed E-state index contributed by atoms with van der Waals surface area (Å²) in [7, 11) is -9.89. The van der Waals surface area contributed by atoms with Crippen molar-refractivity contribution in [1.82, 2.24) is 0 Å². The van der Waals surface area contributed by atoms with Gasteiger partial charge in [0.25, 0.3) is 0 Å². The molecule has 0 aliphatic carbocycles. The zero-order valence-corrected chi connectivity index (χ0v) is 56.3. The number of esters is 4. The molecule has 0 aromatic rings. The summed E-state index contributed by atoms with van der Waals surface area (Å²) in [5.41, 5.74) is 0. The predicted molar refractivity (Wildman–Crippen MR) is 335 cm³/mol. The Hall–Kier alpha value is -1.94. The summed E-state index contributed by atoms with van der Waals surface area (Å²) in [4.78, 5) is 72.2. The van der Waals surface area contributed by atoms with E-state index in [9.17, 15) is 43.2 Å². The number of phosphoric acid groups is 2. The van der Waals surface area contributed by atoms with Crippen LogP contribution >= 0.6 is 15.6 Å². The molecule has 0 aliphatic heterocycles. The first-order valence-corrected chi connectivity index (χ1v) is 36.7. The summed E-state index contributed by atoms with van der Waals surface area (Å²) in [6, 6.07) is 0.